The summed E-state index contributed by atoms with van der Waals surface area (Å²) in [5.74, 6) is -2.78. The van der Waals surface area contributed by atoms with Crippen LogP contribution in [0.2, 0.25) is 0 Å². The second kappa shape index (κ2) is 5.45. The molecular weight excluding hydrogens is 283 g/mol. The van der Waals surface area contributed by atoms with Crippen LogP contribution in [0, 0.1) is 15.9 Å². The number of carbonyl (C=O) groups is 1. The molecule has 0 aromatic heterocycles. The molecule has 0 atom stereocenters. The van der Waals surface area contributed by atoms with E-state index in [9.17, 15) is 29.5 Å². The molecule has 108 valence electrons. The summed E-state index contributed by atoms with van der Waals surface area (Å²) in [5.41, 5.74) is -1.20. The van der Waals surface area contributed by atoms with E-state index < -0.39 is 39.5 Å². The van der Waals surface area contributed by atoms with Crippen molar-refractivity contribution >= 4 is 17.3 Å². The normalized spacial score (nSPS) is 10.1. The molecule has 0 radical (unpaired) electrons. The van der Waals surface area contributed by atoms with Crippen molar-refractivity contribution < 1.29 is 24.3 Å². The van der Waals surface area contributed by atoms with Crippen molar-refractivity contribution in [2.75, 3.05) is 5.32 Å². The molecule has 0 fully saturated rings. The van der Waals surface area contributed by atoms with Crippen molar-refractivity contribution in [2.24, 2.45) is 0 Å². The fourth-order valence-corrected chi connectivity index (χ4v) is 1.69. The Balaban J connectivity index is 2.38. The monoisotopic (exact) mass is 292 g/mol. The van der Waals surface area contributed by atoms with Gasteiger partial charge in [-0.1, -0.05) is 6.07 Å². The van der Waals surface area contributed by atoms with Crippen molar-refractivity contribution in [1.29, 1.82) is 0 Å². The maximum Gasteiger partial charge on any atom is 0.296 e. The lowest BCUT2D eigenvalue weighted by Crippen LogP contribution is -2.13. The van der Waals surface area contributed by atoms with Gasteiger partial charge < -0.3 is 15.5 Å². The van der Waals surface area contributed by atoms with Gasteiger partial charge in [-0.15, -0.1) is 0 Å². The molecule has 0 saturated carbocycles. The first-order valence-electron chi connectivity index (χ1n) is 5.66. The van der Waals surface area contributed by atoms with Crippen molar-refractivity contribution in [3.05, 3.63) is 57.9 Å². The topological polar surface area (TPSA) is 113 Å². The van der Waals surface area contributed by atoms with Crippen LogP contribution in [0.1, 0.15) is 10.4 Å². The molecule has 0 aliphatic rings. The Morgan fingerprint density at radius 3 is 2.52 bits per heavy atom. The Kier molecular flexibility index (Phi) is 3.70. The summed E-state index contributed by atoms with van der Waals surface area (Å²) >= 11 is 0. The lowest BCUT2D eigenvalue weighted by atomic mass is 10.1. The number of nitrogens with zero attached hydrogens (tertiary/aromatic N) is 1. The summed E-state index contributed by atoms with van der Waals surface area (Å²) in [7, 11) is 0. The van der Waals surface area contributed by atoms with E-state index in [4.69, 9.17) is 0 Å². The number of rotatable bonds is 3. The van der Waals surface area contributed by atoms with Gasteiger partial charge in [0.05, 0.1) is 10.5 Å². The molecule has 7 nitrogen and oxygen atoms in total. The minimum atomic E-state index is -0.919. The molecule has 0 aliphatic heterocycles. The van der Waals surface area contributed by atoms with Crippen LogP contribution >= 0.6 is 0 Å². The van der Waals surface area contributed by atoms with Crippen LogP contribution in [0.15, 0.2) is 36.4 Å². The zero-order chi connectivity index (χ0) is 15.6. The number of phenolic OH excluding ortho intramolecular Hbond substituents is 2. The maximum absolute atomic E-state index is 12.9. The number of halogens is 1. The van der Waals surface area contributed by atoms with Crippen LogP contribution < -0.4 is 5.32 Å². The van der Waals surface area contributed by atoms with Crippen LogP contribution in [0.4, 0.5) is 15.8 Å². The first-order valence-corrected chi connectivity index (χ1v) is 5.66. The average Bonchev–Trinajstić information content (AvgIpc) is 2.40. The lowest BCUT2D eigenvalue weighted by Gasteiger charge is -2.08. The first kappa shape index (κ1) is 14.3. The number of hydrogen-bond acceptors (Lipinski definition) is 5. The quantitative estimate of drug-likeness (QED) is 0.456. The zero-order valence-electron chi connectivity index (χ0n) is 10.4. The molecule has 0 bridgehead atoms. The molecule has 2 aromatic rings. The summed E-state index contributed by atoms with van der Waals surface area (Å²) < 4.78 is 12.9. The maximum atomic E-state index is 12.9. The minimum Gasteiger partial charge on any atom is -0.507 e. The molecule has 0 unspecified atom stereocenters. The third-order valence-corrected chi connectivity index (χ3v) is 2.66. The molecule has 0 heterocycles. The summed E-state index contributed by atoms with van der Waals surface area (Å²) in [4.78, 5) is 22.0. The number of para-hydroxylation sites is 1. The van der Waals surface area contributed by atoms with Gasteiger partial charge in [-0.3, -0.25) is 14.9 Å². The molecule has 0 aliphatic carbocycles. The highest BCUT2D eigenvalue weighted by Crippen LogP contribution is 2.33. The van der Waals surface area contributed by atoms with E-state index in [-0.39, 0.29) is 5.56 Å². The van der Waals surface area contributed by atoms with E-state index in [1.807, 2.05) is 0 Å². The first-order chi connectivity index (χ1) is 9.90. The van der Waals surface area contributed by atoms with Crippen molar-refractivity contribution in [1.82, 2.24) is 0 Å². The number of phenols is 2. The predicted octanol–water partition coefficient (Wildman–Crippen LogP) is 2.40. The van der Waals surface area contributed by atoms with Crippen LogP contribution in [0.25, 0.3) is 0 Å². The van der Waals surface area contributed by atoms with Gasteiger partial charge in [0.15, 0.2) is 5.69 Å². The van der Waals surface area contributed by atoms with E-state index in [0.29, 0.717) is 0 Å². The molecule has 3 N–H and O–H groups in total. The van der Waals surface area contributed by atoms with E-state index >= 15 is 0 Å². The summed E-state index contributed by atoms with van der Waals surface area (Å²) in [6, 6.07) is 6.21. The fourth-order valence-electron chi connectivity index (χ4n) is 1.69. The smallest absolute Gasteiger partial charge is 0.296 e. The van der Waals surface area contributed by atoms with Crippen molar-refractivity contribution in [3.8, 4) is 11.5 Å². The zero-order valence-corrected chi connectivity index (χ0v) is 10.4. The number of carbonyl (C=O) groups excluding carboxylic acids is 1. The van der Waals surface area contributed by atoms with Gasteiger partial charge in [-0.2, -0.15) is 0 Å². The van der Waals surface area contributed by atoms with Crippen molar-refractivity contribution in [2.45, 2.75) is 0 Å². The third kappa shape index (κ3) is 2.89. The van der Waals surface area contributed by atoms with Crippen LogP contribution in [0.3, 0.4) is 0 Å². The van der Waals surface area contributed by atoms with Gasteiger partial charge in [0.25, 0.3) is 11.6 Å². The minimum absolute atomic E-state index is 0.283. The molecule has 2 aromatic carbocycles. The number of amides is 1. The standard InChI is InChI=1S/C13H9FN2O5/c14-7-4-5-8(11(18)6-7)13(19)15-12-9(16(20)21)2-1-3-10(12)17/h1-6,17-18H,(H,15,19). The highest BCUT2D eigenvalue weighted by Gasteiger charge is 2.21. The Bertz CT molecular complexity index is 732. The highest BCUT2D eigenvalue weighted by molar-refractivity contribution is 6.07. The second-order valence-electron chi connectivity index (χ2n) is 4.04. The van der Waals surface area contributed by atoms with Crippen LogP contribution in [0.5, 0.6) is 11.5 Å². The number of nitro groups is 1. The van der Waals surface area contributed by atoms with Gasteiger partial charge in [-0.25, -0.2) is 4.39 Å². The third-order valence-electron chi connectivity index (χ3n) is 2.66. The van der Waals surface area contributed by atoms with Crippen molar-refractivity contribution in [3.63, 3.8) is 0 Å². The van der Waals surface area contributed by atoms with Gasteiger partial charge >= 0.3 is 0 Å². The Morgan fingerprint density at radius 2 is 1.90 bits per heavy atom. The molecule has 21 heavy (non-hydrogen) atoms. The number of aromatic hydroxyl groups is 2. The van der Waals surface area contributed by atoms with E-state index in [2.05, 4.69) is 5.32 Å². The van der Waals surface area contributed by atoms with Crippen LogP contribution in [-0.4, -0.2) is 21.0 Å². The predicted molar refractivity (Wildman–Crippen MR) is 70.8 cm³/mol. The van der Waals surface area contributed by atoms with Crippen LogP contribution in [-0.2, 0) is 0 Å². The summed E-state index contributed by atoms with van der Waals surface area (Å²) in [6.07, 6.45) is 0. The lowest BCUT2D eigenvalue weighted by molar-refractivity contribution is -0.384. The Hall–Kier alpha value is -3.16. The molecule has 2 rings (SSSR count). The largest absolute Gasteiger partial charge is 0.507 e. The van der Waals surface area contributed by atoms with E-state index in [1.165, 1.54) is 6.07 Å². The highest BCUT2D eigenvalue weighted by atomic mass is 19.1. The number of hydrogen-bond donors (Lipinski definition) is 3. The molecular formula is C13H9FN2O5. The summed E-state index contributed by atoms with van der Waals surface area (Å²) in [5, 5.41) is 32.1. The van der Waals surface area contributed by atoms with E-state index in [0.717, 1.165) is 30.3 Å². The molecule has 0 spiro atoms. The SMILES string of the molecule is O=C(Nc1c(O)cccc1[N+](=O)[O-])c1ccc(F)cc1O. The fraction of sp³-hybridized carbons (Fsp3) is 0. The van der Waals surface area contributed by atoms with Gasteiger partial charge in [0, 0.05) is 12.1 Å². The number of nitro benzene ring substituents is 1. The Morgan fingerprint density at radius 1 is 1.19 bits per heavy atom. The summed E-state index contributed by atoms with van der Waals surface area (Å²) in [6.45, 7) is 0. The van der Waals surface area contributed by atoms with Gasteiger partial charge in [0.1, 0.15) is 17.3 Å². The molecule has 0 saturated heterocycles. The molecule has 1 amide bonds. The average molecular weight is 292 g/mol. The number of benzene rings is 2. The van der Waals surface area contributed by atoms with E-state index in [1.54, 1.807) is 0 Å². The Labute approximate surface area is 117 Å². The molecule has 8 heteroatoms. The second-order valence-corrected chi connectivity index (χ2v) is 4.04. The number of anilines is 1. The number of nitrogens with one attached hydrogen (secondary N) is 1. The van der Waals surface area contributed by atoms with Gasteiger partial charge in [-0.05, 0) is 18.2 Å². The van der Waals surface area contributed by atoms with Gasteiger partial charge in [0.2, 0.25) is 0 Å².